The fourth-order valence-corrected chi connectivity index (χ4v) is 2.22. The highest BCUT2D eigenvalue weighted by Crippen LogP contribution is 2.21. The maximum Gasteiger partial charge on any atom is 0.407 e. The molecule has 0 fully saturated rings. The summed E-state index contributed by atoms with van der Waals surface area (Å²) in [7, 11) is 0. The van der Waals surface area contributed by atoms with Crippen LogP contribution in [-0.2, 0) is 13.0 Å². The summed E-state index contributed by atoms with van der Waals surface area (Å²) in [6, 6.07) is 3.37. The van der Waals surface area contributed by atoms with Gasteiger partial charge in [0.15, 0.2) is 11.0 Å². The predicted molar refractivity (Wildman–Crippen MR) is 66.3 cm³/mol. The van der Waals surface area contributed by atoms with E-state index >= 15 is 0 Å². The quantitative estimate of drug-likeness (QED) is 0.852. The lowest BCUT2D eigenvalue weighted by Crippen LogP contribution is -2.35. The van der Waals surface area contributed by atoms with Crippen molar-refractivity contribution in [2.24, 2.45) is 0 Å². The second-order valence-electron chi connectivity index (χ2n) is 4.20. The SMILES string of the molecule is O=C(O)N1CCc2c(cnn2-c2ccc(Cl)nn2)C1. The Balaban J connectivity index is 1.95. The van der Waals surface area contributed by atoms with Gasteiger partial charge in [0.05, 0.1) is 18.4 Å². The van der Waals surface area contributed by atoms with Crippen molar-refractivity contribution in [2.75, 3.05) is 6.54 Å². The summed E-state index contributed by atoms with van der Waals surface area (Å²) in [5, 5.41) is 21.3. The van der Waals surface area contributed by atoms with Crippen LogP contribution in [0.25, 0.3) is 5.82 Å². The van der Waals surface area contributed by atoms with Crippen molar-refractivity contribution < 1.29 is 9.90 Å². The number of halogens is 1. The van der Waals surface area contributed by atoms with Crippen molar-refractivity contribution in [1.29, 1.82) is 0 Å². The molecule has 3 heterocycles. The van der Waals surface area contributed by atoms with Crippen LogP contribution in [0, 0.1) is 0 Å². The molecule has 2 aromatic rings. The van der Waals surface area contributed by atoms with Crippen molar-refractivity contribution >= 4 is 17.7 Å². The zero-order valence-corrected chi connectivity index (χ0v) is 10.6. The van der Waals surface area contributed by atoms with Crippen molar-refractivity contribution in [2.45, 2.75) is 13.0 Å². The number of nitrogens with zero attached hydrogens (tertiary/aromatic N) is 5. The van der Waals surface area contributed by atoms with Crippen LogP contribution in [0.4, 0.5) is 4.79 Å². The van der Waals surface area contributed by atoms with Crippen LogP contribution in [0.5, 0.6) is 0 Å². The van der Waals surface area contributed by atoms with Crippen LogP contribution >= 0.6 is 11.6 Å². The van der Waals surface area contributed by atoms with E-state index in [0.29, 0.717) is 30.5 Å². The lowest BCUT2D eigenvalue weighted by Gasteiger charge is -2.24. The Labute approximate surface area is 113 Å². The lowest BCUT2D eigenvalue weighted by molar-refractivity contribution is 0.139. The third-order valence-corrected chi connectivity index (χ3v) is 3.24. The Morgan fingerprint density at radius 3 is 2.89 bits per heavy atom. The fourth-order valence-electron chi connectivity index (χ4n) is 2.11. The molecule has 8 heteroatoms. The summed E-state index contributed by atoms with van der Waals surface area (Å²) in [5.74, 6) is 0.578. The van der Waals surface area contributed by atoms with Gasteiger partial charge in [0.2, 0.25) is 0 Å². The van der Waals surface area contributed by atoms with Gasteiger partial charge in [-0.15, -0.1) is 10.2 Å². The summed E-state index contributed by atoms with van der Waals surface area (Å²) in [6.45, 7) is 0.806. The largest absolute Gasteiger partial charge is 0.465 e. The average molecular weight is 280 g/mol. The van der Waals surface area contributed by atoms with Crippen molar-refractivity contribution in [3.63, 3.8) is 0 Å². The van der Waals surface area contributed by atoms with Gasteiger partial charge in [-0.3, -0.25) is 0 Å². The molecule has 7 nitrogen and oxygen atoms in total. The molecule has 98 valence electrons. The van der Waals surface area contributed by atoms with Gasteiger partial charge in [-0.1, -0.05) is 11.6 Å². The Morgan fingerprint density at radius 2 is 2.21 bits per heavy atom. The first-order valence-corrected chi connectivity index (χ1v) is 6.06. The standard InChI is InChI=1S/C11H10ClN5O2/c12-9-1-2-10(15-14-9)17-8-3-4-16(11(18)19)6-7(8)5-13-17/h1-2,5H,3-4,6H2,(H,18,19). The van der Waals surface area contributed by atoms with E-state index in [1.54, 1.807) is 23.0 Å². The van der Waals surface area contributed by atoms with Gasteiger partial charge in [-0.25, -0.2) is 9.48 Å². The monoisotopic (exact) mass is 279 g/mol. The lowest BCUT2D eigenvalue weighted by atomic mass is 10.1. The second-order valence-corrected chi connectivity index (χ2v) is 4.58. The maximum atomic E-state index is 10.9. The van der Waals surface area contributed by atoms with E-state index in [1.165, 1.54) is 4.90 Å². The number of rotatable bonds is 1. The maximum absolute atomic E-state index is 10.9. The molecule has 0 atom stereocenters. The van der Waals surface area contributed by atoms with Crippen molar-refractivity contribution in [3.05, 3.63) is 34.7 Å². The molecule has 3 rings (SSSR count). The molecular formula is C11H10ClN5O2. The van der Waals surface area contributed by atoms with E-state index in [2.05, 4.69) is 15.3 Å². The number of amides is 1. The second kappa shape index (κ2) is 4.51. The Bertz CT molecular complexity index is 625. The number of carboxylic acid groups (broad SMARTS) is 1. The van der Waals surface area contributed by atoms with E-state index in [1.807, 2.05) is 0 Å². The van der Waals surface area contributed by atoms with Gasteiger partial charge in [-0.05, 0) is 12.1 Å². The number of aromatic nitrogens is 4. The molecule has 2 aromatic heterocycles. The molecule has 0 bridgehead atoms. The normalized spacial score (nSPS) is 14.3. The highest BCUT2D eigenvalue weighted by molar-refractivity contribution is 6.29. The summed E-state index contributed by atoms with van der Waals surface area (Å²) < 4.78 is 1.68. The Hall–Kier alpha value is -2.15. The minimum absolute atomic E-state index is 0.321. The van der Waals surface area contributed by atoms with Gasteiger partial charge in [-0.2, -0.15) is 5.10 Å². The fraction of sp³-hybridized carbons (Fsp3) is 0.273. The average Bonchev–Trinajstić information content (AvgIpc) is 2.82. The van der Waals surface area contributed by atoms with Crippen molar-refractivity contribution in [1.82, 2.24) is 24.9 Å². The molecule has 0 unspecified atom stereocenters. The van der Waals surface area contributed by atoms with E-state index in [9.17, 15) is 4.79 Å². The zero-order chi connectivity index (χ0) is 13.4. The number of carbonyl (C=O) groups is 1. The van der Waals surface area contributed by atoms with Gasteiger partial charge in [0.25, 0.3) is 0 Å². The van der Waals surface area contributed by atoms with Crippen LogP contribution in [0.15, 0.2) is 18.3 Å². The van der Waals surface area contributed by atoms with Crippen LogP contribution < -0.4 is 0 Å². The Morgan fingerprint density at radius 1 is 1.37 bits per heavy atom. The van der Waals surface area contributed by atoms with Gasteiger partial charge in [0, 0.05) is 18.5 Å². The third kappa shape index (κ3) is 2.12. The highest BCUT2D eigenvalue weighted by atomic mass is 35.5. The minimum atomic E-state index is -0.912. The minimum Gasteiger partial charge on any atom is -0.465 e. The first-order chi connectivity index (χ1) is 9.15. The highest BCUT2D eigenvalue weighted by Gasteiger charge is 2.24. The van der Waals surface area contributed by atoms with E-state index in [-0.39, 0.29) is 0 Å². The summed E-state index contributed by atoms with van der Waals surface area (Å²) in [6.07, 6.45) is 1.36. The first kappa shape index (κ1) is 11.9. The first-order valence-electron chi connectivity index (χ1n) is 5.68. The molecule has 0 saturated heterocycles. The molecule has 19 heavy (non-hydrogen) atoms. The van der Waals surface area contributed by atoms with E-state index in [4.69, 9.17) is 16.7 Å². The van der Waals surface area contributed by atoms with Crippen LogP contribution in [0.3, 0.4) is 0 Å². The molecule has 0 aliphatic carbocycles. The van der Waals surface area contributed by atoms with E-state index in [0.717, 1.165) is 11.3 Å². The third-order valence-electron chi connectivity index (χ3n) is 3.04. The molecule has 1 aliphatic heterocycles. The number of hydrogen-bond donors (Lipinski definition) is 1. The van der Waals surface area contributed by atoms with Crippen LogP contribution in [0.1, 0.15) is 11.3 Å². The van der Waals surface area contributed by atoms with Crippen LogP contribution in [-0.4, -0.2) is 42.6 Å². The predicted octanol–water partition coefficient (Wildman–Crippen LogP) is 1.35. The molecular weight excluding hydrogens is 270 g/mol. The molecule has 0 saturated carbocycles. The molecule has 1 aliphatic rings. The topological polar surface area (TPSA) is 84.1 Å². The summed E-state index contributed by atoms with van der Waals surface area (Å²) in [4.78, 5) is 12.3. The van der Waals surface area contributed by atoms with Gasteiger partial charge >= 0.3 is 6.09 Å². The Kier molecular flexibility index (Phi) is 2.83. The van der Waals surface area contributed by atoms with E-state index < -0.39 is 6.09 Å². The molecule has 0 aromatic carbocycles. The molecule has 1 N–H and O–H groups in total. The van der Waals surface area contributed by atoms with Gasteiger partial charge in [0.1, 0.15) is 0 Å². The smallest absolute Gasteiger partial charge is 0.407 e. The molecule has 0 spiro atoms. The summed E-state index contributed by atoms with van der Waals surface area (Å²) >= 11 is 5.70. The van der Waals surface area contributed by atoms with Crippen LogP contribution in [0.2, 0.25) is 5.15 Å². The number of hydrogen-bond acceptors (Lipinski definition) is 4. The summed E-state index contributed by atoms with van der Waals surface area (Å²) in [5.41, 5.74) is 1.86. The number of fused-ring (bicyclic) bond motifs is 1. The molecule has 0 radical (unpaired) electrons. The molecule has 1 amide bonds. The zero-order valence-electron chi connectivity index (χ0n) is 9.82. The van der Waals surface area contributed by atoms with Crippen molar-refractivity contribution in [3.8, 4) is 5.82 Å². The van der Waals surface area contributed by atoms with Gasteiger partial charge < -0.3 is 10.0 Å².